The van der Waals surface area contributed by atoms with E-state index in [4.69, 9.17) is 21.6 Å². The zero-order valence-electron chi connectivity index (χ0n) is 22.7. The van der Waals surface area contributed by atoms with Gasteiger partial charge in [0.2, 0.25) is 0 Å². The van der Waals surface area contributed by atoms with Crippen molar-refractivity contribution in [2.24, 2.45) is 0 Å². The summed E-state index contributed by atoms with van der Waals surface area (Å²) in [4.78, 5) is 22.7. The Morgan fingerprint density at radius 3 is 1.24 bits per heavy atom. The van der Waals surface area contributed by atoms with Gasteiger partial charge in [-0.05, 0) is 110 Å². The van der Waals surface area contributed by atoms with Crippen molar-refractivity contribution >= 4 is 11.6 Å². The van der Waals surface area contributed by atoms with Crippen LogP contribution in [0.25, 0.3) is 0 Å². The quantitative estimate of drug-likeness (QED) is 0.259. The molecule has 0 aromatic heterocycles. The van der Waals surface area contributed by atoms with Crippen LogP contribution in [0.1, 0.15) is 81.5 Å². The Kier molecular flexibility index (Phi) is 18.2. The van der Waals surface area contributed by atoms with Crippen LogP contribution in [0.2, 0.25) is 0 Å². The zero-order valence-corrected chi connectivity index (χ0v) is 33.5. The molecule has 3 aromatic carbocycles. The first-order valence-corrected chi connectivity index (χ1v) is 14.5. The van der Waals surface area contributed by atoms with Crippen molar-refractivity contribution in [3.8, 4) is 17.2 Å². The molecule has 11 heteroatoms. The van der Waals surface area contributed by atoms with Crippen LogP contribution in [0.5, 0.6) is 17.2 Å². The molecule has 0 fully saturated rings. The molecule has 0 saturated carbocycles. The Morgan fingerprint density at radius 2 is 0.805 bits per heavy atom. The van der Waals surface area contributed by atoms with Gasteiger partial charge in [-0.2, -0.15) is 0 Å². The second-order valence-corrected chi connectivity index (χ2v) is 10.2. The summed E-state index contributed by atoms with van der Waals surface area (Å²) in [6, 6.07) is 15.8. The third-order valence-electron chi connectivity index (χ3n) is 6.82. The third kappa shape index (κ3) is 12.8. The molecule has 6 rings (SSSR count). The maximum absolute atomic E-state index is 11.3. The van der Waals surface area contributed by atoms with Gasteiger partial charge in [-0.25, -0.2) is 0 Å². The van der Waals surface area contributed by atoms with Crippen molar-refractivity contribution in [1.29, 1.82) is 0 Å². The van der Waals surface area contributed by atoms with Crippen LogP contribution < -0.4 is 0 Å². The maximum atomic E-state index is 11.3. The molecule has 0 bridgehead atoms. The summed E-state index contributed by atoms with van der Waals surface area (Å²) in [5, 5.41) is 27.5. The van der Waals surface area contributed by atoms with Crippen molar-refractivity contribution in [2.45, 2.75) is 64.2 Å². The summed E-state index contributed by atoms with van der Waals surface area (Å²) in [5.74, 6) is 1.10. The number of hydrogen-bond donors (Lipinski definition) is 3. The number of aryl methyl sites for hydroxylation is 4. The fourth-order valence-corrected chi connectivity index (χ4v) is 4.95. The molecule has 3 aromatic rings. The van der Waals surface area contributed by atoms with E-state index in [1.165, 1.54) is 30.4 Å². The molecule has 2 radical (unpaired) electrons. The molecule has 0 heterocycles. The second kappa shape index (κ2) is 19.5. The fraction of sp³-hybridized carbons (Fsp3) is 0.333. The topological polar surface area (TPSA) is 146 Å². The minimum atomic E-state index is -3.79. The summed E-state index contributed by atoms with van der Waals surface area (Å²) in [5.41, 5.74) is 6.33. The van der Waals surface area contributed by atoms with Crippen molar-refractivity contribution in [1.82, 2.24) is 0 Å². The van der Waals surface area contributed by atoms with Gasteiger partial charge >= 0.3 is 25.4 Å². The summed E-state index contributed by atoms with van der Waals surface area (Å²) < 4.78 is 25.6. The number of carbonyl (C=O) groups excluding carboxylic acids is 2. The van der Waals surface area contributed by atoms with Crippen LogP contribution in [-0.4, -0.2) is 26.9 Å². The molecule has 0 amide bonds. The summed E-state index contributed by atoms with van der Waals surface area (Å²) >= 11 is -3.79. The first-order chi connectivity index (χ1) is 18.6. The molecule has 0 aliphatic heterocycles. The molecule has 8 nitrogen and oxygen atoms in total. The summed E-state index contributed by atoms with van der Waals surface area (Å²) in [7, 11) is 0. The third-order valence-corrected chi connectivity index (χ3v) is 6.82. The van der Waals surface area contributed by atoms with Crippen LogP contribution in [0, 0.1) is 88.1 Å². The van der Waals surface area contributed by atoms with E-state index in [0.717, 1.165) is 43.2 Å². The number of phenolic OH excluding ortho intramolecular Hbond substituents is 3. The number of phenols is 3. The Labute approximate surface area is 315 Å². The number of Topliss-reactive ketones (excluding diaryl/α,β-unsaturated/α-hetero) is 2. The van der Waals surface area contributed by atoms with Crippen molar-refractivity contribution < 1.29 is 138 Å². The van der Waals surface area contributed by atoms with Crippen molar-refractivity contribution in [3.63, 3.8) is 0 Å². The number of rotatable bonds is 0. The van der Waals surface area contributed by atoms with Crippen molar-refractivity contribution in [2.75, 3.05) is 0 Å². The van der Waals surface area contributed by atoms with Gasteiger partial charge in [0, 0.05) is 112 Å². The molecule has 3 aliphatic carbocycles. The molecular formula is C30H32Ac2CrO8. The molecule has 0 unspecified atom stereocenters. The first kappa shape index (κ1) is 38.2. The Morgan fingerprint density at radius 1 is 0.463 bits per heavy atom. The van der Waals surface area contributed by atoms with Gasteiger partial charge in [-0.1, -0.05) is 18.2 Å². The van der Waals surface area contributed by atoms with Gasteiger partial charge < -0.3 is 15.3 Å². The number of ketones is 2. The summed E-state index contributed by atoms with van der Waals surface area (Å²) in [6.45, 7) is 0. The number of fused-ring (bicyclic) bond motifs is 3. The van der Waals surface area contributed by atoms with Crippen LogP contribution in [-0.2, 0) is 51.0 Å². The van der Waals surface area contributed by atoms with Gasteiger partial charge in [0.05, 0.1) is 0 Å². The fourth-order valence-electron chi connectivity index (χ4n) is 4.95. The first-order valence-electron chi connectivity index (χ1n) is 12.9. The normalized spacial score (nSPS) is 14.1. The van der Waals surface area contributed by atoms with Gasteiger partial charge in [0.25, 0.3) is 0 Å². The van der Waals surface area contributed by atoms with Crippen LogP contribution in [0.3, 0.4) is 0 Å². The van der Waals surface area contributed by atoms with E-state index in [1.54, 1.807) is 30.3 Å². The second-order valence-electron chi connectivity index (χ2n) is 9.60. The molecule has 0 saturated heterocycles. The minimum absolute atomic E-state index is 0. The Hall–Kier alpha value is -0.784. The van der Waals surface area contributed by atoms with E-state index in [-0.39, 0.29) is 111 Å². The monoisotopic (exact) mass is 1030 g/mol. The molecule has 212 valence electrons. The summed E-state index contributed by atoms with van der Waals surface area (Å²) in [6.07, 6.45) is 9.95. The van der Waals surface area contributed by atoms with E-state index >= 15 is 0 Å². The molecule has 0 spiro atoms. The zero-order chi connectivity index (χ0) is 28.4. The molecular weight excluding hydrogens is 994 g/mol. The van der Waals surface area contributed by atoms with E-state index in [1.807, 2.05) is 24.3 Å². The molecule has 3 N–H and O–H groups in total. The van der Waals surface area contributed by atoms with Crippen molar-refractivity contribution in [3.05, 3.63) is 88.0 Å². The van der Waals surface area contributed by atoms with E-state index in [2.05, 4.69) is 0 Å². The molecule has 41 heavy (non-hydrogen) atoms. The van der Waals surface area contributed by atoms with Gasteiger partial charge in [-0.3, -0.25) is 9.59 Å². The number of benzene rings is 3. The predicted molar refractivity (Wildman–Crippen MR) is 138 cm³/mol. The van der Waals surface area contributed by atoms with Gasteiger partial charge in [0.1, 0.15) is 17.2 Å². The van der Waals surface area contributed by atoms with Crippen LogP contribution in [0.4, 0.5) is 0 Å². The standard InChI is InChI=1S/2C10H10O2.C10H12O.2Ac.Cr.3O/c2*11-8-5-4-7-2-1-3-10(12)9(7)6-8;11-10-6-5-8-3-1-2-4-9(8)7-10;;;;;;/h2*4-6,11H,1-3H2;5-7,11H,1-4H2;;;;;;. The Balaban J connectivity index is 0.000000282. The van der Waals surface area contributed by atoms with E-state index in [9.17, 15) is 14.7 Å². The number of aromatic hydroxyl groups is 3. The molecule has 0 atom stereocenters. The van der Waals surface area contributed by atoms with Crippen LogP contribution in [0.15, 0.2) is 54.6 Å². The van der Waals surface area contributed by atoms with Crippen LogP contribution >= 0.6 is 0 Å². The van der Waals surface area contributed by atoms with E-state index in [0.29, 0.717) is 29.7 Å². The number of carbonyl (C=O) groups is 2. The Bertz CT molecular complexity index is 1380. The average Bonchev–Trinajstić information content (AvgIpc) is 2.90. The molecule has 3 aliphatic rings. The van der Waals surface area contributed by atoms with Gasteiger partial charge in [-0.15, -0.1) is 0 Å². The van der Waals surface area contributed by atoms with E-state index < -0.39 is 14.0 Å². The van der Waals surface area contributed by atoms with Gasteiger partial charge in [0.15, 0.2) is 11.6 Å². The SMILES string of the molecule is O=C1CCCc2ccc(O)cc21.O=C1CCCc2ccc(O)cc21.Oc1ccc2c(c1)CCCC2.[Ac].[Ac].[O]=[Cr](=[O])=[O]. The predicted octanol–water partition coefficient (Wildman–Crippen LogP) is 5.73. The number of hydrogen-bond acceptors (Lipinski definition) is 8. The average molecular weight is 1030 g/mol.